The predicted molar refractivity (Wildman–Crippen MR) is 133 cm³/mol. The van der Waals surface area contributed by atoms with Crippen LogP contribution < -0.4 is 21.1 Å². The van der Waals surface area contributed by atoms with Gasteiger partial charge in [-0.1, -0.05) is 34.2 Å². The van der Waals surface area contributed by atoms with Crippen molar-refractivity contribution in [2.75, 3.05) is 24.6 Å². The summed E-state index contributed by atoms with van der Waals surface area (Å²) in [5, 5.41) is 15.5. The van der Waals surface area contributed by atoms with E-state index in [0.29, 0.717) is 30.8 Å². The molecule has 4 N–H and O–H groups in total. The topological polar surface area (TPSA) is 168 Å². The minimum atomic E-state index is -1.43. The quantitative estimate of drug-likeness (QED) is 0.128. The normalized spacial score (nSPS) is 19.7. The smallest absolute Gasteiger partial charge is 0.234 e. The summed E-state index contributed by atoms with van der Waals surface area (Å²) >= 11 is 8.58. The van der Waals surface area contributed by atoms with E-state index in [-0.39, 0.29) is 39.6 Å². The highest BCUT2D eigenvalue weighted by molar-refractivity contribution is 8.00. The van der Waals surface area contributed by atoms with E-state index in [1.54, 1.807) is 0 Å². The minimum Gasteiger partial charge on any atom is -0.543 e. The number of nitrogens with zero attached hydrogens (tertiary/aromatic N) is 4. The Morgan fingerprint density at radius 1 is 1.33 bits per heavy atom. The highest BCUT2D eigenvalue weighted by Crippen LogP contribution is 2.45. The van der Waals surface area contributed by atoms with Crippen molar-refractivity contribution in [3.63, 3.8) is 0 Å². The van der Waals surface area contributed by atoms with Crippen molar-refractivity contribution in [2.45, 2.75) is 24.8 Å². The first-order valence-electron chi connectivity index (χ1n) is 11.0. The number of anilines is 1. The Morgan fingerprint density at radius 2 is 2.08 bits per heavy atom. The summed E-state index contributed by atoms with van der Waals surface area (Å²) in [6.07, 6.45) is 3.92. The number of carboxylic acids is 1. The number of carboxylic acid groups (broad SMARTS) is 1. The van der Waals surface area contributed by atoms with Crippen LogP contribution in [0, 0.1) is 5.92 Å². The first-order valence-corrected chi connectivity index (χ1v) is 13.2. The number of thioether (sulfide) groups is 1. The Balaban J connectivity index is 1.53. The number of aromatic nitrogens is 2. The Hall–Kier alpha value is -3.00. The van der Waals surface area contributed by atoms with Gasteiger partial charge in [0, 0.05) is 29.9 Å². The van der Waals surface area contributed by atoms with Crippen molar-refractivity contribution in [2.24, 2.45) is 16.8 Å². The lowest BCUT2D eigenvalue weighted by Crippen LogP contribution is -2.63. The summed E-state index contributed by atoms with van der Waals surface area (Å²) in [5.41, 5.74) is 11.5. The molecule has 190 valence electrons. The lowest BCUT2D eigenvalue weighted by atomic mass is 9.89. The summed E-state index contributed by atoms with van der Waals surface area (Å²) in [6, 6.07) is 5.51. The first kappa shape index (κ1) is 26.1. The fourth-order valence-electron chi connectivity index (χ4n) is 3.93. The molecule has 0 unspecified atom stereocenters. The highest BCUT2D eigenvalue weighted by Gasteiger charge is 2.53. The number of nitrogen functional groups attached to an aromatic ring is 1. The van der Waals surface area contributed by atoms with Crippen LogP contribution in [0.25, 0.3) is 0 Å². The minimum absolute atomic E-state index is 0.0781. The molecule has 2 aliphatic rings. The molecule has 1 saturated heterocycles. The maximum atomic E-state index is 13.2. The van der Waals surface area contributed by atoms with Gasteiger partial charge in [0.05, 0.1) is 23.0 Å². The third kappa shape index (κ3) is 5.38. The van der Waals surface area contributed by atoms with E-state index >= 15 is 0 Å². The second kappa shape index (κ2) is 11.4. The molecule has 0 aromatic carbocycles. The van der Waals surface area contributed by atoms with Crippen molar-refractivity contribution in [3.05, 3.63) is 51.9 Å². The van der Waals surface area contributed by atoms with E-state index in [1.165, 1.54) is 16.7 Å². The summed E-state index contributed by atoms with van der Waals surface area (Å²) in [7, 11) is 0. The lowest BCUT2D eigenvalue weighted by Gasteiger charge is -2.50. The van der Waals surface area contributed by atoms with Crippen molar-refractivity contribution in [3.8, 4) is 0 Å². The number of carbonyl (C=O) groups is 3. The van der Waals surface area contributed by atoms with Crippen LogP contribution in [-0.4, -0.2) is 57.5 Å². The van der Waals surface area contributed by atoms with E-state index in [4.69, 9.17) is 27.9 Å². The number of β-lactam (4-membered cyclic amide) rings is 1. The number of fused-ring (bicyclic) bond motifs is 1. The summed E-state index contributed by atoms with van der Waals surface area (Å²) < 4.78 is 1.99. The van der Waals surface area contributed by atoms with E-state index in [0.717, 1.165) is 11.3 Å². The molecule has 0 saturated carbocycles. The van der Waals surface area contributed by atoms with Gasteiger partial charge in [-0.15, -0.1) is 11.8 Å². The zero-order valence-electron chi connectivity index (χ0n) is 19.0. The Kier molecular flexibility index (Phi) is 8.24. The molecule has 11 nitrogen and oxygen atoms in total. The summed E-state index contributed by atoms with van der Waals surface area (Å²) in [4.78, 5) is 48.8. The second-order valence-corrected chi connectivity index (χ2v) is 10.8. The second-order valence-electron chi connectivity index (χ2n) is 8.02. The van der Waals surface area contributed by atoms with Crippen LogP contribution in [0.3, 0.4) is 0 Å². The number of Topliss-reactive ketones (excluding diaryl/α,β-unsaturated/α-hetero) is 1. The Labute approximate surface area is 219 Å². The van der Waals surface area contributed by atoms with Gasteiger partial charge in [0.2, 0.25) is 5.91 Å². The maximum absolute atomic E-state index is 13.2. The molecular formula is C22H23ClN6O5S2. The number of hydrogen-bond donors (Lipinski definition) is 2. The molecule has 1 amide bonds. The average molecular weight is 551 g/mol. The van der Waals surface area contributed by atoms with Crippen molar-refractivity contribution in [1.82, 2.24) is 9.88 Å². The SMILES string of the molecule is NCCCO/N=C(\C(=O)C[C@@H]1C(=O)N2C(C(=O)[O-])=C(C[n+]3ccccc3)CS[C@H]12)c1nc(N)sc1Cl. The molecule has 2 aromatic heterocycles. The third-order valence-corrected chi connectivity index (χ3v) is 8.07. The number of carbonyl (C=O) groups excluding carboxylic acids is 3. The summed E-state index contributed by atoms with van der Waals surface area (Å²) in [5.74, 6) is -2.78. The molecule has 4 rings (SSSR count). The molecular weight excluding hydrogens is 528 g/mol. The molecule has 2 aliphatic heterocycles. The van der Waals surface area contributed by atoms with Gasteiger partial charge in [-0.05, 0) is 13.0 Å². The molecule has 0 aliphatic carbocycles. The van der Waals surface area contributed by atoms with Gasteiger partial charge < -0.3 is 26.2 Å². The number of rotatable bonds is 11. The van der Waals surface area contributed by atoms with Gasteiger partial charge in [-0.3, -0.25) is 14.5 Å². The maximum Gasteiger partial charge on any atom is 0.234 e. The largest absolute Gasteiger partial charge is 0.543 e. The van der Waals surface area contributed by atoms with Crippen molar-refractivity contribution in [1.29, 1.82) is 0 Å². The van der Waals surface area contributed by atoms with Crippen LogP contribution in [-0.2, 0) is 25.8 Å². The molecule has 1 fully saturated rings. The molecule has 36 heavy (non-hydrogen) atoms. The van der Waals surface area contributed by atoms with Crippen molar-refractivity contribution < 1.29 is 28.9 Å². The number of ketones is 1. The summed E-state index contributed by atoms with van der Waals surface area (Å²) in [6.45, 7) is 0.868. The average Bonchev–Trinajstić information content (AvgIpc) is 3.19. The zero-order chi connectivity index (χ0) is 25.8. The van der Waals surface area contributed by atoms with Crippen LogP contribution in [0.5, 0.6) is 0 Å². The fraction of sp³-hybridized carbons (Fsp3) is 0.364. The van der Waals surface area contributed by atoms with Crippen molar-refractivity contribution >= 4 is 63.2 Å². The van der Waals surface area contributed by atoms with Gasteiger partial charge in [-0.25, -0.2) is 9.55 Å². The van der Waals surface area contributed by atoms with Gasteiger partial charge >= 0.3 is 0 Å². The number of hydrogen-bond acceptors (Lipinski definition) is 11. The standard InChI is InChI=1S/C22H23ClN6O5S2/c23-18-16(26-22(25)36-18)15(27-34-8-4-5-24)14(30)9-13-19(31)29-17(21(32)33)12(11-35-20(13)29)10-28-6-2-1-3-7-28/h1-3,6-7,13,20H,4-5,8-11,24H2,(H2-,25,26,32,33)/b27-15+/t13-,20-/m1/s1. The monoisotopic (exact) mass is 550 g/mol. The van der Waals surface area contributed by atoms with Crippen LogP contribution in [0.1, 0.15) is 18.5 Å². The molecule has 0 bridgehead atoms. The Bertz CT molecular complexity index is 1230. The van der Waals surface area contributed by atoms with Gasteiger partial charge in [0.15, 0.2) is 35.6 Å². The van der Waals surface area contributed by atoms with E-state index < -0.39 is 29.0 Å². The van der Waals surface area contributed by atoms with Crippen LogP contribution in [0.15, 0.2) is 47.0 Å². The molecule has 2 atom stereocenters. The van der Waals surface area contributed by atoms with E-state index in [1.807, 2.05) is 35.2 Å². The highest BCUT2D eigenvalue weighted by atomic mass is 35.5. The van der Waals surface area contributed by atoms with Gasteiger partial charge in [0.25, 0.3) is 0 Å². The number of halogens is 1. The first-order chi connectivity index (χ1) is 17.3. The Morgan fingerprint density at radius 3 is 2.72 bits per heavy atom. The molecule has 0 spiro atoms. The number of thiazole rings is 1. The van der Waals surface area contributed by atoms with Gasteiger partial charge in [-0.2, -0.15) is 0 Å². The van der Waals surface area contributed by atoms with Crippen LogP contribution in [0.4, 0.5) is 5.13 Å². The number of oxime groups is 1. The van der Waals surface area contributed by atoms with E-state index in [9.17, 15) is 19.5 Å². The predicted octanol–water partition coefficient (Wildman–Crippen LogP) is -0.0696. The lowest BCUT2D eigenvalue weighted by molar-refractivity contribution is -0.689. The molecule has 2 aromatic rings. The number of pyridine rings is 1. The van der Waals surface area contributed by atoms with Crippen LogP contribution in [0.2, 0.25) is 4.34 Å². The molecule has 14 heteroatoms. The number of amides is 1. The molecule has 4 heterocycles. The van der Waals surface area contributed by atoms with Gasteiger partial charge in [0.1, 0.15) is 16.6 Å². The number of nitrogens with two attached hydrogens (primary N) is 2. The third-order valence-electron chi connectivity index (χ3n) is 5.59. The van der Waals surface area contributed by atoms with Crippen LogP contribution >= 0.6 is 34.7 Å². The van der Waals surface area contributed by atoms with E-state index in [2.05, 4.69) is 10.1 Å². The zero-order valence-corrected chi connectivity index (χ0v) is 21.4. The fourth-order valence-corrected chi connectivity index (χ4v) is 6.26. The number of aliphatic carboxylic acids is 1. The molecule has 0 radical (unpaired) electrons.